The summed E-state index contributed by atoms with van der Waals surface area (Å²) in [6.07, 6.45) is 3.55. The van der Waals surface area contributed by atoms with Crippen molar-refractivity contribution in [2.45, 2.75) is 6.04 Å². The van der Waals surface area contributed by atoms with Crippen LogP contribution in [0.5, 0.6) is 0 Å². The molecule has 0 spiro atoms. The van der Waals surface area contributed by atoms with E-state index < -0.39 is 0 Å². The summed E-state index contributed by atoms with van der Waals surface area (Å²) < 4.78 is 1.75. The van der Waals surface area contributed by atoms with Gasteiger partial charge in [0.2, 0.25) is 0 Å². The molecule has 5 nitrogen and oxygen atoms in total. The average Bonchev–Trinajstić information content (AvgIpc) is 3.25. The van der Waals surface area contributed by atoms with E-state index in [9.17, 15) is 4.79 Å². The number of hydrogen-bond donors (Lipinski definition) is 0. The number of pyridine rings is 1. The van der Waals surface area contributed by atoms with Gasteiger partial charge in [0.25, 0.3) is 5.91 Å². The van der Waals surface area contributed by atoms with E-state index in [-0.39, 0.29) is 11.9 Å². The zero-order valence-electron chi connectivity index (χ0n) is 16.8. The van der Waals surface area contributed by atoms with Gasteiger partial charge in [0.1, 0.15) is 0 Å². The molecule has 2 aromatic carbocycles. The number of benzene rings is 2. The van der Waals surface area contributed by atoms with E-state index in [0.717, 1.165) is 18.6 Å². The SMILES string of the molecule is O=C(c1cnn2ccccc12)N1CCN(C(c2ccccc2)c2ccccc2)CC1. The lowest BCUT2D eigenvalue weighted by Crippen LogP contribution is -2.49. The molecule has 0 bridgehead atoms. The van der Waals surface area contributed by atoms with Gasteiger partial charge in [-0.05, 0) is 23.3 Å². The van der Waals surface area contributed by atoms with Crippen molar-refractivity contribution < 1.29 is 4.79 Å². The predicted molar refractivity (Wildman–Crippen MR) is 117 cm³/mol. The van der Waals surface area contributed by atoms with Gasteiger partial charge < -0.3 is 4.90 Å². The van der Waals surface area contributed by atoms with Crippen molar-refractivity contribution in [3.05, 3.63) is 108 Å². The van der Waals surface area contributed by atoms with E-state index in [0.29, 0.717) is 18.7 Å². The predicted octanol–water partition coefficient (Wildman–Crippen LogP) is 3.88. The molecule has 3 heterocycles. The molecule has 150 valence electrons. The van der Waals surface area contributed by atoms with Crippen molar-refractivity contribution >= 4 is 11.4 Å². The van der Waals surface area contributed by atoms with Crippen LogP contribution in [0.1, 0.15) is 27.5 Å². The number of rotatable bonds is 4. The first-order valence-electron chi connectivity index (χ1n) is 10.4. The Hall–Kier alpha value is -3.44. The molecular formula is C25H24N4O. The van der Waals surface area contributed by atoms with Gasteiger partial charge in [-0.2, -0.15) is 5.10 Å². The second-order valence-corrected chi connectivity index (χ2v) is 7.64. The highest BCUT2D eigenvalue weighted by molar-refractivity contribution is 6.00. The molecule has 5 rings (SSSR count). The minimum absolute atomic E-state index is 0.0619. The van der Waals surface area contributed by atoms with Crippen molar-refractivity contribution in [1.82, 2.24) is 19.4 Å². The molecule has 0 N–H and O–H groups in total. The molecule has 30 heavy (non-hydrogen) atoms. The molecule has 1 aliphatic rings. The number of fused-ring (bicyclic) bond motifs is 1. The number of nitrogens with zero attached hydrogens (tertiary/aromatic N) is 4. The van der Waals surface area contributed by atoms with Gasteiger partial charge in [-0.25, -0.2) is 4.52 Å². The third kappa shape index (κ3) is 3.48. The van der Waals surface area contributed by atoms with Gasteiger partial charge >= 0.3 is 0 Å². The summed E-state index contributed by atoms with van der Waals surface area (Å²) in [5, 5.41) is 4.32. The van der Waals surface area contributed by atoms with E-state index in [2.05, 4.69) is 70.7 Å². The summed E-state index contributed by atoms with van der Waals surface area (Å²) in [6, 6.07) is 27.2. The van der Waals surface area contributed by atoms with Crippen molar-refractivity contribution in [2.75, 3.05) is 26.2 Å². The van der Waals surface area contributed by atoms with Crippen LogP contribution < -0.4 is 0 Å². The molecule has 0 atom stereocenters. The van der Waals surface area contributed by atoms with Gasteiger partial charge in [0.05, 0.1) is 23.3 Å². The maximum atomic E-state index is 13.1. The highest BCUT2D eigenvalue weighted by atomic mass is 16.2. The Morgan fingerprint density at radius 2 is 1.37 bits per heavy atom. The summed E-state index contributed by atoms with van der Waals surface area (Å²) in [5.41, 5.74) is 4.10. The van der Waals surface area contributed by atoms with Crippen LogP contribution in [0.3, 0.4) is 0 Å². The molecule has 1 amide bonds. The van der Waals surface area contributed by atoms with Gasteiger partial charge in [0, 0.05) is 32.4 Å². The smallest absolute Gasteiger partial charge is 0.257 e. The fourth-order valence-corrected chi connectivity index (χ4v) is 4.34. The maximum Gasteiger partial charge on any atom is 0.257 e. The molecule has 0 radical (unpaired) electrons. The lowest BCUT2D eigenvalue weighted by molar-refractivity contribution is 0.0599. The van der Waals surface area contributed by atoms with Crippen LogP contribution >= 0.6 is 0 Å². The van der Waals surface area contributed by atoms with Gasteiger partial charge in [-0.1, -0.05) is 66.7 Å². The Morgan fingerprint density at radius 3 is 2.00 bits per heavy atom. The van der Waals surface area contributed by atoms with Crippen LogP contribution in [0.4, 0.5) is 0 Å². The molecule has 2 aromatic heterocycles. The quantitative estimate of drug-likeness (QED) is 0.526. The number of carbonyl (C=O) groups excluding carboxylic acids is 1. The molecular weight excluding hydrogens is 372 g/mol. The van der Waals surface area contributed by atoms with Crippen molar-refractivity contribution in [3.63, 3.8) is 0 Å². The van der Waals surface area contributed by atoms with Crippen LogP contribution in [-0.2, 0) is 0 Å². The summed E-state index contributed by atoms with van der Waals surface area (Å²) in [6.45, 7) is 3.08. The zero-order chi connectivity index (χ0) is 20.3. The topological polar surface area (TPSA) is 40.9 Å². The minimum Gasteiger partial charge on any atom is -0.336 e. The largest absolute Gasteiger partial charge is 0.336 e. The second kappa shape index (κ2) is 8.13. The second-order valence-electron chi connectivity index (χ2n) is 7.64. The number of aromatic nitrogens is 2. The molecule has 5 heteroatoms. The Balaban J connectivity index is 1.35. The van der Waals surface area contributed by atoms with Crippen LogP contribution in [0, 0.1) is 0 Å². The van der Waals surface area contributed by atoms with Gasteiger partial charge in [-0.3, -0.25) is 9.69 Å². The molecule has 0 unspecified atom stereocenters. The monoisotopic (exact) mass is 396 g/mol. The Kier molecular flexibility index (Phi) is 5.03. The van der Waals surface area contributed by atoms with Crippen LogP contribution in [0.15, 0.2) is 91.3 Å². The highest BCUT2D eigenvalue weighted by Crippen LogP contribution is 2.29. The molecule has 4 aromatic rings. The first-order valence-corrected chi connectivity index (χ1v) is 10.4. The fourth-order valence-electron chi connectivity index (χ4n) is 4.34. The number of amides is 1. The Labute approximate surface area is 176 Å². The lowest BCUT2D eigenvalue weighted by atomic mass is 9.96. The third-order valence-corrected chi connectivity index (χ3v) is 5.85. The van der Waals surface area contributed by atoms with Crippen molar-refractivity contribution in [3.8, 4) is 0 Å². The van der Waals surface area contributed by atoms with E-state index in [4.69, 9.17) is 0 Å². The number of carbonyl (C=O) groups is 1. The van der Waals surface area contributed by atoms with Gasteiger partial charge in [-0.15, -0.1) is 0 Å². The van der Waals surface area contributed by atoms with E-state index in [1.807, 2.05) is 29.3 Å². The van der Waals surface area contributed by atoms with E-state index in [1.165, 1.54) is 11.1 Å². The van der Waals surface area contributed by atoms with Crippen molar-refractivity contribution in [2.24, 2.45) is 0 Å². The van der Waals surface area contributed by atoms with E-state index >= 15 is 0 Å². The number of piperazine rings is 1. The number of hydrogen-bond acceptors (Lipinski definition) is 3. The van der Waals surface area contributed by atoms with Crippen LogP contribution in [0.2, 0.25) is 0 Å². The minimum atomic E-state index is 0.0619. The fraction of sp³-hybridized carbons (Fsp3) is 0.200. The first-order chi connectivity index (χ1) is 14.8. The standard InChI is InChI=1S/C25H24N4O/c30-25(22-19-26-29-14-8-7-13-23(22)29)28-17-15-27(16-18-28)24(20-9-3-1-4-10-20)21-11-5-2-6-12-21/h1-14,19,24H,15-18H2. The van der Waals surface area contributed by atoms with Gasteiger partial charge in [0.15, 0.2) is 0 Å². The van der Waals surface area contributed by atoms with E-state index in [1.54, 1.807) is 10.7 Å². The maximum absolute atomic E-state index is 13.1. The Bertz CT molecular complexity index is 1090. The normalized spacial score (nSPS) is 15.0. The molecule has 1 saturated heterocycles. The first kappa shape index (κ1) is 18.6. The lowest BCUT2D eigenvalue weighted by Gasteiger charge is -2.39. The van der Waals surface area contributed by atoms with Crippen molar-refractivity contribution in [1.29, 1.82) is 0 Å². The summed E-state index contributed by atoms with van der Waals surface area (Å²) in [7, 11) is 0. The van der Waals surface area contributed by atoms with Crippen LogP contribution in [0.25, 0.3) is 5.52 Å². The highest BCUT2D eigenvalue weighted by Gasteiger charge is 2.29. The zero-order valence-corrected chi connectivity index (χ0v) is 16.8. The summed E-state index contributed by atoms with van der Waals surface area (Å²) >= 11 is 0. The summed E-state index contributed by atoms with van der Waals surface area (Å²) in [5.74, 6) is 0.0619. The molecule has 0 saturated carbocycles. The Morgan fingerprint density at radius 1 is 0.767 bits per heavy atom. The summed E-state index contributed by atoms with van der Waals surface area (Å²) in [4.78, 5) is 17.6. The average molecular weight is 396 g/mol. The molecule has 0 aliphatic carbocycles. The molecule has 1 fully saturated rings. The molecule has 1 aliphatic heterocycles. The van der Waals surface area contributed by atoms with Crippen LogP contribution in [-0.4, -0.2) is 51.5 Å². The third-order valence-electron chi connectivity index (χ3n) is 5.85.